The molecule has 1 atom stereocenters. The fraction of sp³-hybridized carbons (Fsp3) is 0.364. The molecular weight excluding hydrogens is 289 g/mol. The zero-order valence-electron chi connectivity index (χ0n) is 10.1. The molecule has 112 valence electrons. The predicted octanol–water partition coefficient (Wildman–Crippen LogP) is 2.28. The average Bonchev–Trinajstić information content (AvgIpc) is 2.41. The van der Waals surface area contributed by atoms with Crippen LogP contribution in [0.4, 0.5) is 27.6 Å². The molecule has 2 N–H and O–H groups in total. The Morgan fingerprint density at radius 1 is 1.10 bits per heavy atom. The smallest absolute Gasteiger partial charge is 0.306 e. The van der Waals surface area contributed by atoms with E-state index in [0.717, 1.165) is 7.11 Å². The van der Waals surface area contributed by atoms with Gasteiger partial charge >= 0.3 is 5.97 Å². The lowest BCUT2D eigenvalue weighted by molar-refractivity contribution is -0.139. The second-order valence-electron chi connectivity index (χ2n) is 3.78. The van der Waals surface area contributed by atoms with E-state index in [1.165, 1.54) is 0 Å². The molecule has 0 bridgehead atoms. The van der Waals surface area contributed by atoms with Gasteiger partial charge in [0.25, 0.3) is 0 Å². The maximum absolute atomic E-state index is 13.3. The van der Waals surface area contributed by atoms with Crippen LogP contribution in [0, 0.1) is 29.1 Å². The van der Waals surface area contributed by atoms with E-state index in [2.05, 4.69) is 0 Å². The fourth-order valence-electron chi connectivity index (χ4n) is 1.41. The highest BCUT2D eigenvalue weighted by atomic mass is 19.2. The van der Waals surface area contributed by atoms with Crippen molar-refractivity contribution in [2.45, 2.75) is 12.5 Å². The number of halogens is 5. The molecule has 0 amide bonds. The van der Waals surface area contributed by atoms with Gasteiger partial charge in [-0.1, -0.05) is 0 Å². The van der Waals surface area contributed by atoms with Crippen LogP contribution < -0.4 is 5.32 Å². The minimum Gasteiger partial charge on any atom is -0.481 e. The van der Waals surface area contributed by atoms with Crippen LogP contribution in [0.15, 0.2) is 0 Å². The maximum atomic E-state index is 13.3. The Bertz CT molecular complexity index is 494. The third kappa shape index (κ3) is 3.35. The van der Waals surface area contributed by atoms with Crippen molar-refractivity contribution in [1.82, 2.24) is 0 Å². The maximum Gasteiger partial charge on any atom is 0.306 e. The number of rotatable bonds is 6. The summed E-state index contributed by atoms with van der Waals surface area (Å²) in [6, 6.07) is 0. The van der Waals surface area contributed by atoms with Crippen LogP contribution in [0.1, 0.15) is 6.42 Å². The van der Waals surface area contributed by atoms with Crippen LogP contribution in [-0.4, -0.2) is 30.8 Å². The van der Waals surface area contributed by atoms with E-state index in [0.29, 0.717) is 0 Å². The van der Waals surface area contributed by atoms with E-state index in [-0.39, 0.29) is 0 Å². The summed E-state index contributed by atoms with van der Waals surface area (Å²) in [4.78, 5) is 10.4. The van der Waals surface area contributed by atoms with Crippen LogP contribution in [0.5, 0.6) is 0 Å². The first-order valence-corrected chi connectivity index (χ1v) is 5.29. The summed E-state index contributed by atoms with van der Waals surface area (Å²) < 4.78 is 69.8. The highest BCUT2D eigenvalue weighted by Gasteiger charge is 2.26. The van der Waals surface area contributed by atoms with Crippen LogP contribution in [0.2, 0.25) is 0 Å². The van der Waals surface area contributed by atoms with Crippen molar-refractivity contribution >= 4 is 11.7 Å². The van der Waals surface area contributed by atoms with Crippen molar-refractivity contribution in [3.63, 3.8) is 0 Å². The molecule has 0 spiro atoms. The first-order valence-electron chi connectivity index (χ1n) is 5.29. The first-order chi connectivity index (χ1) is 9.29. The van der Waals surface area contributed by atoms with Crippen LogP contribution in [0.3, 0.4) is 0 Å². The van der Waals surface area contributed by atoms with Gasteiger partial charge in [-0.15, -0.1) is 0 Å². The third-order valence-electron chi connectivity index (χ3n) is 2.45. The molecule has 0 saturated carbocycles. The van der Waals surface area contributed by atoms with Crippen molar-refractivity contribution in [2.75, 3.05) is 19.0 Å². The number of hydrogen-bond donors (Lipinski definition) is 2. The summed E-state index contributed by atoms with van der Waals surface area (Å²) >= 11 is 0. The number of nitrogens with one attached hydrogen (secondary N) is 1. The lowest BCUT2D eigenvalue weighted by atomic mass is 10.2. The Morgan fingerprint density at radius 3 is 1.95 bits per heavy atom. The molecule has 0 radical (unpaired) electrons. The van der Waals surface area contributed by atoms with Crippen LogP contribution in [-0.2, 0) is 9.53 Å². The summed E-state index contributed by atoms with van der Waals surface area (Å²) in [6.07, 6.45) is -1.50. The van der Waals surface area contributed by atoms with Gasteiger partial charge in [-0.05, 0) is 0 Å². The molecule has 4 nitrogen and oxygen atoms in total. The monoisotopic (exact) mass is 299 g/mol. The van der Waals surface area contributed by atoms with Crippen LogP contribution >= 0.6 is 0 Å². The van der Waals surface area contributed by atoms with Crippen molar-refractivity contribution in [2.24, 2.45) is 0 Å². The Balaban J connectivity index is 2.96. The van der Waals surface area contributed by atoms with Crippen molar-refractivity contribution < 1.29 is 36.6 Å². The van der Waals surface area contributed by atoms with Crippen LogP contribution in [0.25, 0.3) is 0 Å². The van der Waals surface area contributed by atoms with Gasteiger partial charge < -0.3 is 15.2 Å². The number of carboxylic acid groups (broad SMARTS) is 1. The molecule has 1 aromatic rings. The predicted molar refractivity (Wildman–Crippen MR) is 57.8 cm³/mol. The molecular formula is C11H10F5NO3. The van der Waals surface area contributed by atoms with Gasteiger partial charge in [0, 0.05) is 13.7 Å². The van der Waals surface area contributed by atoms with Crippen molar-refractivity contribution in [1.29, 1.82) is 0 Å². The molecule has 0 fully saturated rings. The quantitative estimate of drug-likeness (QED) is 0.481. The van der Waals surface area contributed by atoms with Gasteiger partial charge in [-0.25, -0.2) is 22.0 Å². The Kier molecular flexibility index (Phi) is 5.26. The van der Waals surface area contributed by atoms with Gasteiger partial charge in [0.1, 0.15) is 5.69 Å². The largest absolute Gasteiger partial charge is 0.481 e. The number of hydrogen-bond acceptors (Lipinski definition) is 3. The zero-order chi connectivity index (χ0) is 15.4. The van der Waals surface area contributed by atoms with Gasteiger partial charge in [0.15, 0.2) is 23.3 Å². The summed E-state index contributed by atoms with van der Waals surface area (Å²) in [5, 5.41) is 10.5. The SMILES string of the molecule is COC(CNc1c(F)c(F)c(F)c(F)c1F)CC(=O)O. The molecule has 9 heteroatoms. The van der Waals surface area contributed by atoms with E-state index in [9.17, 15) is 26.7 Å². The lowest BCUT2D eigenvalue weighted by Crippen LogP contribution is -2.26. The summed E-state index contributed by atoms with van der Waals surface area (Å²) in [5.74, 6) is -11.7. The number of carbonyl (C=O) groups is 1. The van der Waals surface area contributed by atoms with Gasteiger partial charge in [0.05, 0.1) is 12.5 Å². The number of carboxylic acids is 1. The van der Waals surface area contributed by atoms with Crippen molar-refractivity contribution in [3.8, 4) is 0 Å². The van der Waals surface area contributed by atoms with E-state index in [1.54, 1.807) is 0 Å². The highest BCUT2D eigenvalue weighted by Crippen LogP contribution is 2.27. The van der Waals surface area contributed by atoms with Gasteiger partial charge in [-0.2, -0.15) is 0 Å². The Labute approximate surface area is 110 Å². The van der Waals surface area contributed by atoms with E-state index in [4.69, 9.17) is 9.84 Å². The van der Waals surface area contributed by atoms with E-state index >= 15 is 0 Å². The molecule has 0 aliphatic rings. The second kappa shape index (κ2) is 6.51. The minimum atomic E-state index is -2.26. The first kappa shape index (κ1) is 16.2. The van der Waals surface area contributed by atoms with Gasteiger partial charge in [-0.3, -0.25) is 4.79 Å². The molecule has 0 heterocycles. The number of anilines is 1. The molecule has 1 aromatic carbocycles. The summed E-state index contributed by atoms with van der Waals surface area (Å²) in [5.41, 5.74) is -1.23. The molecule has 0 aliphatic carbocycles. The third-order valence-corrected chi connectivity index (χ3v) is 2.45. The van der Waals surface area contributed by atoms with Gasteiger partial charge in [0.2, 0.25) is 5.82 Å². The fourth-order valence-corrected chi connectivity index (χ4v) is 1.41. The second-order valence-corrected chi connectivity index (χ2v) is 3.78. The normalized spacial score (nSPS) is 12.3. The number of benzene rings is 1. The van der Waals surface area contributed by atoms with E-state index in [1.807, 2.05) is 5.32 Å². The lowest BCUT2D eigenvalue weighted by Gasteiger charge is -2.16. The molecule has 1 rings (SSSR count). The highest BCUT2D eigenvalue weighted by molar-refractivity contribution is 5.67. The number of methoxy groups -OCH3 is 1. The van der Waals surface area contributed by atoms with E-state index < -0.39 is 59.8 Å². The standard InChI is InChI=1S/C11H10F5NO3/c1-20-4(2-5(18)19)3-17-11-9(15)7(13)6(12)8(14)10(11)16/h4,17H,2-3H2,1H3,(H,18,19). The zero-order valence-corrected chi connectivity index (χ0v) is 10.1. The van der Waals surface area contributed by atoms with Crippen molar-refractivity contribution in [3.05, 3.63) is 29.1 Å². The topological polar surface area (TPSA) is 58.6 Å². The molecule has 1 unspecified atom stereocenters. The Morgan fingerprint density at radius 2 is 1.55 bits per heavy atom. The Hall–Kier alpha value is -1.90. The molecule has 0 aliphatic heterocycles. The minimum absolute atomic E-state index is 0.443. The molecule has 20 heavy (non-hydrogen) atoms. The molecule has 0 aromatic heterocycles. The molecule has 0 saturated heterocycles. The number of aliphatic carboxylic acids is 1. The summed E-state index contributed by atoms with van der Waals surface area (Å²) in [7, 11) is 1.15. The number of ether oxygens (including phenoxy) is 1. The average molecular weight is 299 g/mol. The summed E-state index contributed by atoms with van der Waals surface area (Å²) in [6.45, 7) is -0.443.